The topological polar surface area (TPSA) is 63.1 Å². The second-order valence-electron chi connectivity index (χ2n) is 5.58. The highest BCUT2D eigenvalue weighted by molar-refractivity contribution is 5.71. The molecule has 96 valence electrons. The van der Waals surface area contributed by atoms with E-state index in [-0.39, 0.29) is 5.92 Å². The summed E-state index contributed by atoms with van der Waals surface area (Å²) < 4.78 is 0. The van der Waals surface area contributed by atoms with E-state index in [1.165, 1.54) is 12.8 Å². The maximum atomic E-state index is 11.1. The van der Waals surface area contributed by atoms with E-state index in [0.29, 0.717) is 12.8 Å². The molecule has 3 rings (SSSR count). The first kappa shape index (κ1) is 11.6. The Kier molecular flexibility index (Phi) is 2.80. The van der Waals surface area contributed by atoms with Gasteiger partial charge in [-0.15, -0.1) is 0 Å². The molecule has 18 heavy (non-hydrogen) atoms. The van der Waals surface area contributed by atoms with Crippen molar-refractivity contribution in [2.45, 2.75) is 45.4 Å². The van der Waals surface area contributed by atoms with E-state index < -0.39 is 5.97 Å². The third-order valence-electron chi connectivity index (χ3n) is 4.04. The molecule has 0 saturated heterocycles. The maximum Gasteiger partial charge on any atom is 0.306 e. The van der Waals surface area contributed by atoms with Crippen LogP contribution in [0.25, 0.3) is 0 Å². The van der Waals surface area contributed by atoms with Crippen molar-refractivity contribution in [1.29, 1.82) is 0 Å². The molecule has 1 unspecified atom stereocenters. The van der Waals surface area contributed by atoms with Gasteiger partial charge in [0.2, 0.25) is 0 Å². The Bertz CT molecular complexity index is 495. The van der Waals surface area contributed by atoms with E-state index in [4.69, 9.17) is 5.11 Å². The molecule has 1 N–H and O–H groups in total. The van der Waals surface area contributed by atoms with E-state index in [1.807, 2.05) is 6.92 Å². The van der Waals surface area contributed by atoms with E-state index in [9.17, 15) is 4.79 Å². The lowest BCUT2D eigenvalue weighted by atomic mass is 9.86. The molecule has 4 heteroatoms. The van der Waals surface area contributed by atoms with Crippen LogP contribution in [-0.2, 0) is 24.1 Å². The van der Waals surface area contributed by atoms with E-state index in [0.717, 1.165) is 41.5 Å². The second-order valence-corrected chi connectivity index (χ2v) is 5.58. The standard InChI is InChI=1S/C14H18N2O2/c1-8-11-7-10(14(17)18)4-5-12(11)16-13(15-8)6-9-2-3-9/h9-10H,2-7H2,1H3,(H,17,18). The first-order valence-electron chi connectivity index (χ1n) is 6.71. The molecule has 2 aliphatic rings. The Balaban J connectivity index is 1.86. The number of hydrogen-bond donors (Lipinski definition) is 1. The quantitative estimate of drug-likeness (QED) is 0.885. The molecule has 1 aromatic rings. The van der Waals surface area contributed by atoms with Crippen LogP contribution in [0.4, 0.5) is 0 Å². The molecule has 0 radical (unpaired) electrons. The number of carbonyl (C=O) groups is 1. The van der Waals surface area contributed by atoms with Crippen LogP contribution >= 0.6 is 0 Å². The molecule has 0 aliphatic heterocycles. The highest BCUT2D eigenvalue weighted by atomic mass is 16.4. The van der Waals surface area contributed by atoms with Gasteiger partial charge in [0.05, 0.1) is 5.92 Å². The summed E-state index contributed by atoms with van der Waals surface area (Å²) in [7, 11) is 0. The number of aliphatic carboxylic acids is 1. The zero-order valence-corrected chi connectivity index (χ0v) is 10.6. The third kappa shape index (κ3) is 2.24. The lowest BCUT2D eigenvalue weighted by Crippen LogP contribution is -2.24. The Morgan fingerprint density at radius 2 is 2.11 bits per heavy atom. The molecule has 1 atom stereocenters. The SMILES string of the molecule is Cc1nc(CC2CC2)nc2c1CC(C(=O)O)CC2. The van der Waals surface area contributed by atoms with Crippen LogP contribution in [0, 0.1) is 18.8 Å². The average Bonchev–Trinajstić information content (AvgIpc) is 3.12. The molecule has 2 aliphatic carbocycles. The van der Waals surface area contributed by atoms with E-state index in [2.05, 4.69) is 9.97 Å². The van der Waals surface area contributed by atoms with Gasteiger partial charge in [-0.3, -0.25) is 4.79 Å². The second kappa shape index (κ2) is 4.34. The van der Waals surface area contributed by atoms with Gasteiger partial charge in [0, 0.05) is 17.8 Å². The van der Waals surface area contributed by atoms with Gasteiger partial charge in [-0.25, -0.2) is 9.97 Å². The zero-order chi connectivity index (χ0) is 12.7. The van der Waals surface area contributed by atoms with Crippen molar-refractivity contribution in [2.24, 2.45) is 11.8 Å². The van der Waals surface area contributed by atoms with Crippen LogP contribution < -0.4 is 0 Å². The van der Waals surface area contributed by atoms with Crippen LogP contribution in [0.15, 0.2) is 0 Å². The third-order valence-corrected chi connectivity index (χ3v) is 4.04. The Labute approximate surface area is 106 Å². The summed E-state index contributed by atoms with van der Waals surface area (Å²) >= 11 is 0. The zero-order valence-electron chi connectivity index (χ0n) is 10.6. The summed E-state index contributed by atoms with van der Waals surface area (Å²) in [6.07, 6.45) is 5.70. The molecular formula is C14H18N2O2. The molecule has 0 amide bonds. The maximum absolute atomic E-state index is 11.1. The highest BCUT2D eigenvalue weighted by Crippen LogP contribution is 2.33. The van der Waals surface area contributed by atoms with Crippen molar-refractivity contribution in [3.63, 3.8) is 0 Å². The van der Waals surface area contributed by atoms with Crippen LogP contribution in [0.5, 0.6) is 0 Å². The van der Waals surface area contributed by atoms with Crippen LogP contribution in [0.2, 0.25) is 0 Å². The number of carboxylic acid groups (broad SMARTS) is 1. The number of aryl methyl sites for hydroxylation is 2. The largest absolute Gasteiger partial charge is 0.481 e. The van der Waals surface area contributed by atoms with Gasteiger partial charge >= 0.3 is 5.97 Å². The normalized spacial score (nSPS) is 22.6. The predicted molar refractivity (Wildman–Crippen MR) is 66.3 cm³/mol. The van der Waals surface area contributed by atoms with Crippen molar-refractivity contribution >= 4 is 5.97 Å². The average molecular weight is 246 g/mol. The van der Waals surface area contributed by atoms with E-state index >= 15 is 0 Å². The summed E-state index contributed by atoms with van der Waals surface area (Å²) in [6.45, 7) is 1.99. The van der Waals surface area contributed by atoms with Crippen LogP contribution in [0.3, 0.4) is 0 Å². The molecule has 1 saturated carbocycles. The van der Waals surface area contributed by atoms with Crippen molar-refractivity contribution in [1.82, 2.24) is 9.97 Å². The number of hydrogen-bond acceptors (Lipinski definition) is 3. The molecule has 1 heterocycles. The van der Waals surface area contributed by atoms with Gasteiger partial charge in [-0.1, -0.05) is 0 Å². The van der Waals surface area contributed by atoms with Gasteiger partial charge in [-0.05, 0) is 50.5 Å². The Morgan fingerprint density at radius 3 is 2.78 bits per heavy atom. The van der Waals surface area contributed by atoms with Crippen molar-refractivity contribution in [2.75, 3.05) is 0 Å². The predicted octanol–water partition coefficient (Wildman–Crippen LogP) is 1.93. The Morgan fingerprint density at radius 1 is 1.33 bits per heavy atom. The molecule has 4 nitrogen and oxygen atoms in total. The molecule has 0 bridgehead atoms. The summed E-state index contributed by atoms with van der Waals surface area (Å²) in [5, 5.41) is 9.10. The fourth-order valence-electron chi connectivity index (χ4n) is 2.73. The number of aromatic nitrogens is 2. The van der Waals surface area contributed by atoms with Crippen LogP contribution in [0.1, 0.15) is 42.0 Å². The van der Waals surface area contributed by atoms with Crippen molar-refractivity contribution < 1.29 is 9.90 Å². The Hall–Kier alpha value is -1.45. The number of fused-ring (bicyclic) bond motifs is 1. The van der Waals surface area contributed by atoms with Gasteiger partial charge < -0.3 is 5.11 Å². The van der Waals surface area contributed by atoms with E-state index in [1.54, 1.807) is 0 Å². The molecular weight excluding hydrogens is 228 g/mol. The number of rotatable bonds is 3. The fraction of sp³-hybridized carbons (Fsp3) is 0.643. The van der Waals surface area contributed by atoms with Gasteiger partial charge in [0.15, 0.2) is 0 Å². The minimum atomic E-state index is -0.692. The minimum Gasteiger partial charge on any atom is -0.481 e. The van der Waals surface area contributed by atoms with Crippen LogP contribution in [-0.4, -0.2) is 21.0 Å². The van der Waals surface area contributed by atoms with Gasteiger partial charge in [-0.2, -0.15) is 0 Å². The molecule has 1 aromatic heterocycles. The molecule has 0 aromatic carbocycles. The summed E-state index contributed by atoms with van der Waals surface area (Å²) in [5.74, 6) is 0.802. The summed E-state index contributed by atoms with van der Waals surface area (Å²) in [5.41, 5.74) is 3.16. The monoisotopic (exact) mass is 246 g/mol. The summed E-state index contributed by atoms with van der Waals surface area (Å²) in [4.78, 5) is 20.3. The molecule has 0 spiro atoms. The minimum absolute atomic E-state index is 0.255. The number of nitrogens with zero attached hydrogens (tertiary/aromatic N) is 2. The van der Waals surface area contributed by atoms with Crippen molar-refractivity contribution in [3.05, 3.63) is 22.8 Å². The first-order chi connectivity index (χ1) is 8.63. The highest BCUT2D eigenvalue weighted by Gasteiger charge is 2.28. The fourth-order valence-corrected chi connectivity index (χ4v) is 2.73. The summed E-state index contributed by atoms with van der Waals surface area (Å²) in [6, 6.07) is 0. The van der Waals surface area contributed by atoms with Gasteiger partial charge in [0.25, 0.3) is 0 Å². The lowest BCUT2D eigenvalue weighted by molar-refractivity contribution is -0.142. The lowest BCUT2D eigenvalue weighted by Gasteiger charge is -2.22. The smallest absolute Gasteiger partial charge is 0.306 e. The molecule has 1 fully saturated rings. The number of carboxylic acids is 1. The first-order valence-corrected chi connectivity index (χ1v) is 6.71. The van der Waals surface area contributed by atoms with Crippen molar-refractivity contribution in [3.8, 4) is 0 Å². The van der Waals surface area contributed by atoms with Gasteiger partial charge in [0.1, 0.15) is 5.82 Å².